The largest absolute Gasteiger partial charge is 0.465 e. The number of primary amides is 1. The lowest BCUT2D eigenvalue weighted by Crippen LogP contribution is -2.45. The number of amides is 3. The van der Waals surface area contributed by atoms with Gasteiger partial charge in [0.05, 0.1) is 18.0 Å². The summed E-state index contributed by atoms with van der Waals surface area (Å²) in [5.41, 5.74) is 10.3. The van der Waals surface area contributed by atoms with Crippen LogP contribution in [-0.2, 0) is 14.3 Å². The van der Waals surface area contributed by atoms with Crippen LogP contribution in [0.2, 0.25) is 0 Å². The Morgan fingerprint density at radius 3 is 2.51 bits per heavy atom. The van der Waals surface area contributed by atoms with Crippen LogP contribution < -0.4 is 21.7 Å². The van der Waals surface area contributed by atoms with Crippen molar-refractivity contribution in [3.63, 3.8) is 0 Å². The summed E-state index contributed by atoms with van der Waals surface area (Å²) in [6.45, 7) is 2.82. The first-order chi connectivity index (χ1) is 16.6. The molecule has 0 radical (unpaired) electrons. The molecule has 1 aromatic carbocycles. The number of rotatable bonds is 9. The average Bonchev–Trinajstić information content (AvgIpc) is 3.41. The highest BCUT2D eigenvalue weighted by molar-refractivity contribution is 7.09. The molecule has 35 heavy (non-hydrogen) atoms. The van der Waals surface area contributed by atoms with Gasteiger partial charge >= 0.3 is 5.97 Å². The Morgan fingerprint density at radius 2 is 1.94 bits per heavy atom. The van der Waals surface area contributed by atoms with Crippen LogP contribution in [0.1, 0.15) is 44.6 Å². The van der Waals surface area contributed by atoms with Gasteiger partial charge in [-0.1, -0.05) is 12.1 Å². The molecule has 0 aliphatic rings. The molecule has 0 unspecified atom stereocenters. The Morgan fingerprint density at radius 1 is 1.23 bits per heavy atom. The molecule has 0 aliphatic carbocycles. The van der Waals surface area contributed by atoms with Crippen LogP contribution >= 0.6 is 11.5 Å². The van der Waals surface area contributed by atoms with Crippen molar-refractivity contribution in [3.8, 4) is 0 Å². The number of halogens is 1. The number of nitrogens with two attached hydrogens (primary N) is 2. The molecule has 13 heteroatoms. The van der Waals surface area contributed by atoms with E-state index >= 15 is 0 Å². The van der Waals surface area contributed by atoms with Crippen molar-refractivity contribution in [2.75, 3.05) is 23.8 Å². The topological polar surface area (TPSA) is 171 Å². The quantitative estimate of drug-likeness (QED) is 0.372. The molecule has 0 saturated carbocycles. The summed E-state index contributed by atoms with van der Waals surface area (Å²) >= 11 is 0.570. The Hall–Kier alpha value is -4.26. The van der Waals surface area contributed by atoms with Crippen LogP contribution in [0.4, 0.5) is 15.8 Å². The zero-order valence-electron chi connectivity index (χ0n) is 18.7. The van der Waals surface area contributed by atoms with Gasteiger partial charge in [-0.25, -0.2) is 4.39 Å². The molecular formula is C22H22FN5O6S. The Bertz CT molecular complexity index is 1270. The second kappa shape index (κ2) is 10.8. The number of benzene rings is 1. The monoisotopic (exact) mass is 503 g/mol. The van der Waals surface area contributed by atoms with E-state index in [0.717, 1.165) is 11.0 Å². The molecule has 0 bridgehead atoms. The summed E-state index contributed by atoms with van der Waals surface area (Å²) in [7, 11) is 0. The van der Waals surface area contributed by atoms with E-state index in [4.69, 9.17) is 20.6 Å². The number of para-hydroxylation sites is 1. The lowest BCUT2D eigenvalue weighted by atomic mass is 10.1. The molecule has 5 N–H and O–H groups in total. The van der Waals surface area contributed by atoms with Crippen molar-refractivity contribution < 1.29 is 32.7 Å². The van der Waals surface area contributed by atoms with E-state index in [2.05, 4.69) is 9.69 Å². The summed E-state index contributed by atoms with van der Waals surface area (Å²) < 4.78 is 29.2. The summed E-state index contributed by atoms with van der Waals surface area (Å²) in [6, 6.07) is 6.67. The predicted molar refractivity (Wildman–Crippen MR) is 124 cm³/mol. The maximum absolute atomic E-state index is 15.0. The standard InChI is InChI=1S/C22H22FN5O6S/c1-3-33-15(29)10-26-21(31)18(14-9-8-11(2)34-14)28(13-7-5-4-6-12(13)23)22(32)19-16(24)17(20(25)30)27-35-19/h4-9,18H,3,10,24H2,1-2H3,(H2,25,30)(H,26,31)/t18-/m0/s1. The Labute approximate surface area is 203 Å². The van der Waals surface area contributed by atoms with Crippen molar-refractivity contribution in [2.24, 2.45) is 5.73 Å². The zero-order valence-corrected chi connectivity index (χ0v) is 19.6. The van der Waals surface area contributed by atoms with Crippen molar-refractivity contribution >= 4 is 46.6 Å². The predicted octanol–water partition coefficient (Wildman–Crippen LogP) is 1.93. The number of nitrogen functional groups attached to an aromatic ring is 1. The summed E-state index contributed by atoms with van der Waals surface area (Å²) in [6.07, 6.45) is 0. The molecular weight excluding hydrogens is 481 g/mol. The number of carbonyl (C=O) groups is 4. The van der Waals surface area contributed by atoms with Crippen LogP contribution in [-0.4, -0.2) is 41.2 Å². The van der Waals surface area contributed by atoms with E-state index in [0.29, 0.717) is 17.3 Å². The molecule has 11 nitrogen and oxygen atoms in total. The van der Waals surface area contributed by atoms with Crippen molar-refractivity contribution in [1.82, 2.24) is 9.69 Å². The minimum absolute atomic E-state index is 0.0151. The number of aromatic nitrogens is 1. The molecule has 2 heterocycles. The van der Waals surface area contributed by atoms with E-state index in [9.17, 15) is 23.6 Å². The third-order valence-electron chi connectivity index (χ3n) is 4.74. The molecule has 0 aliphatic heterocycles. The number of nitrogens with zero attached hydrogens (tertiary/aromatic N) is 2. The van der Waals surface area contributed by atoms with Crippen LogP contribution in [0.25, 0.3) is 0 Å². The summed E-state index contributed by atoms with van der Waals surface area (Å²) in [5, 5.41) is 2.38. The van der Waals surface area contributed by atoms with E-state index in [1.54, 1.807) is 19.9 Å². The fraction of sp³-hybridized carbons (Fsp3) is 0.227. The van der Waals surface area contributed by atoms with Gasteiger partial charge < -0.3 is 25.9 Å². The molecule has 1 atom stereocenters. The highest BCUT2D eigenvalue weighted by Gasteiger charge is 2.39. The van der Waals surface area contributed by atoms with Gasteiger partial charge in [0, 0.05) is 0 Å². The molecule has 0 spiro atoms. The molecule has 3 aromatic rings. The molecule has 0 fully saturated rings. The molecule has 184 valence electrons. The average molecular weight is 504 g/mol. The third-order valence-corrected chi connectivity index (χ3v) is 5.59. The number of anilines is 2. The second-order valence-electron chi connectivity index (χ2n) is 7.14. The first-order valence-corrected chi connectivity index (χ1v) is 11.1. The second-order valence-corrected chi connectivity index (χ2v) is 7.91. The van der Waals surface area contributed by atoms with Crippen LogP contribution in [0.3, 0.4) is 0 Å². The maximum Gasteiger partial charge on any atom is 0.325 e. The number of esters is 1. The number of aryl methyl sites for hydroxylation is 1. The fourth-order valence-electron chi connectivity index (χ4n) is 3.19. The van der Waals surface area contributed by atoms with Gasteiger partial charge in [0.1, 0.15) is 28.8 Å². The van der Waals surface area contributed by atoms with Crippen LogP contribution in [0.5, 0.6) is 0 Å². The Kier molecular flexibility index (Phi) is 7.81. The number of hydrogen-bond acceptors (Lipinski definition) is 9. The normalized spacial score (nSPS) is 11.5. The minimum Gasteiger partial charge on any atom is -0.465 e. The number of ether oxygens (including phenoxy) is 1. The summed E-state index contributed by atoms with van der Waals surface area (Å²) in [4.78, 5) is 51.0. The third kappa shape index (κ3) is 5.46. The van der Waals surface area contributed by atoms with Crippen molar-refractivity contribution in [3.05, 3.63) is 64.3 Å². The fourth-order valence-corrected chi connectivity index (χ4v) is 3.94. The maximum atomic E-state index is 15.0. The Balaban J connectivity index is 2.14. The highest BCUT2D eigenvalue weighted by atomic mass is 32.1. The molecule has 2 aromatic heterocycles. The number of nitrogens with one attached hydrogen (secondary N) is 1. The van der Waals surface area contributed by atoms with E-state index < -0.39 is 42.1 Å². The lowest BCUT2D eigenvalue weighted by Gasteiger charge is -2.29. The van der Waals surface area contributed by atoms with Gasteiger partial charge in [0.2, 0.25) is 0 Å². The molecule has 3 rings (SSSR count). The van der Waals surface area contributed by atoms with Gasteiger partial charge in [0.25, 0.3) is 17.7 Å². The lowest BCUT2D eigenvalue weighted by molar-refractivity contribution is -0.143. The first-order valence-electron chi connectivity index (χ1n) is 10.3. The minimum atomic E-state index is -1.57. The first kappa shape index (κ1) is 25.4. The van der Waals surface area contributed by atoms with Gasteiger partial charge in [-0.05, 0) is 49.6 Å². The molecule has 3 amide bonds. The van der Waals surface area contributed by atoms with Crippen LogP contribution in [0.15, 0.2) is 40.8 Å². The van der Waals surface area contributed by atoms with E-state index in [1.165, 1.54) is 24.3 Å². The zero-order chi connectivity index (χ0) is 25.7. The number of hydrogen-bond donors (Lipinski definition) is 3. The number of furan rings is 1. The SMILES string of the molecule is CCOC(=O)CNC(=O)[C@H](c1ccc(C)o1)N(C(=O)c1snc(C(N)=O)c1N)c1ccccc1F. The molecule has 0 saturated heterocycles. The van der Waals surface area contributed by atoms with E-state index in [1.807, 2.05) is 0 Å². The van der Waals surface area contributed by atoms with Gasteiger partial charge in [-0.15, -0.1) is 0 Å². The van der Waals surface area contributed by atoms with Gasteiger partial charge in [-0.3, -0.25) is 24.1 Å². The van der Waals surface area contributed by atoms with Crippen molar-refractivity contribution in [2.45, 2.75) is 19.9 Å². The van der Waals surface area contributed by atoms with E-state index in [-0.39, 0.29) is 34.3 Å². The smallest absolute Gasteiger partial charge is 0.325 e. The highest BCUT2D eigenvalue weighted by Crippen LogP contribution is 2.34. The van der Waals surface area contributed by atoms with Crippen molar-refractivity contribution in [1.29, 1.82) is 0 Å². The van der Waals surface area contributed by atoms with Gasteiger partial charge in [-0.2, -0.15) is 4.37 Å². The van der Waals surface area contributed by atoms with Crippen LogP contribution in [0, 0.1) is 12.7 Å². The number of carbonyl (C=O) groups excluding carboxylic acids is 4. The summed E-state index contributed by atoms with van der Waals surface area (Å²) in [5.74, 6) is -3.90. The van der Waals surface area contributed by atoms with Gasteiger partial charge in [0.15, 0.2) is 11.7 Å².